The number of nitrogens with one attached hydrogen (secondary N) is 1. The van der Waals surface area contributed by atoms with Gasteiger partial charge in [0.25, 0.3) is 11.5 Å². The Kier molecular flexibility index (Phi) is 5.14. The van der Waals surface area contributed by atoms with Gasteiger partial charge in [0.2, 0.25) is 0 Å². The van der Waals surface area contributed by atoms with Gasteiger partial charge >= 0.3 is 0 Å². The summed E-state index contributed by atoms with van der Waals surface area (Å²) >= 11 is 3.00. The molecule has 0 spiro atoms. The molecule has 28 heavy (non-hydrogen) atoms. The second-order valence-corrected chi connectivity index (χ2v) is 8.25. The van der Waals surface area contributed by atoms with Gasteiger partial charge in [-0.3, -0.25) is 14.2 Å². The van der Waals surface area contributed by atoms with Crippen LogP contribution in [0.5, 0.6) is 0 Å². The summed E-state index contributed by atoms with van der Waals surface area (Å²) in [6, 6.07) is 13.5. The third kappa shape index (κ3) is 3.64. The molecule has 0 atom stereocenters. The van der Waals surface area contributed by atoms with Crippen molar-refractivity contribution in [3.8, 4) is 11.1 Å². The summed E-state index contributed by atoms with van der Waals surface area (Å²) in [6.07, 6.45) is 2.99. The van der Waals surface area contributed by atoms with Crippen LogP contribution >= 0.6 is 22.7 Å². The smallest absolute Gasteiger partial charge is 0.263 e. The van der Waals surface area contributed by atoms with Crippen molar-refractivity contribution in [3.63, 3.8) is 0 Å². The van der Waals surface area contributed by atoms with Crippen LogP contribution in [0.15, 0.2) is 64.1 Å². The molecule has 0 saturated carbocycles. The van der Waals surface area contributed by atoms with E-state index in [0.717, 1.165) is 20.9 Å². The molecule has 0 saturated heterocycles. The summed E-state index contributed by atoms with van der Waals surface area (Å²) in [6.45, 7) is 1.83. The zero-order chi connectivity index (χ0) is 19.5. The Labute approximate surface area is 168 Å². The van der Waals surface area contributed by atoms with Crippen LogP contribution in [-0.4, -0.2) is 21.7 Å². The van der Waals surface area contributed by atoms with Gasteiger partial charge in [0.05, 0.1) is 17.9 Å². The molecule has 8 heteroatoms. The highest BCUT2D eigenvalue weighted by Gasteiger charge is 2.17. The Morgan fingerprint density at radius 3 is 2.82 bits per heavy atom. The first-order valence-corrected chi connectivity index (χ1v) is 10.2. The molecular formula is C20H16N4O2S2. The minimum absolute atomic E-state index is 0.146. The molecule has 0 unspecified atom stereocenters. The molecule has 0 fully saturated rings. The lowest BCUT2D eigenvalue weighted by atomic mass is 10.0. The van der Waals surface area contributed by atoms with Crippen LogP contribution in [0.2, 0.25) is 0 Å². The predicted octanol–water partition coefficient (Wildman–Crippen LogP) is 3.65. The zero-order valence-electron chi connectivity index (χ0n) is 15.0. The number of hydrogen-bond donors (Lipinski definition) is 1. The normalized spacial score (nSPS) is 11.3. The van der Waals surface area contributed by atoms with Crippen molar-refractivity contribution in [2.45, 2.75) is 13.5 Å². The van der Waals surface area contributed by atoms with Crippen molar-refractivity contribution in [2.75, 3.05) is 0 Å². The van der Waals surface area contributed by atoms with Gasteiger partial charge in [-0.1, -0.05) is 36.4 Å². The SMILES string of the molecule is Cc1sc2ncn(CC(=O)NN=Cc3cccs3)c(=O)c2c1-c1ccccc1. The highest BCUT2D eigenvalue weighted by Crippen LogP contribution is 2.35. The third-order valence-corrected chi connectivity index (χ3v) is 5.98. The number of carbonyl (C=O) groups is 1. The van der Waals surface area contributed by atoms with Gasteiger partial charge in [0.15, 0.2) is 0 Å². The molecule has 4 aromatic rings. The quantitative estimate of drug-likeness (QED) is 0.405. The van der Waals surface area contributed by atoms with E-state index >= 15 is 0 Å². The fraction of sp³-hybridized carbons (Fsp3) is 0.100. The Morgan fingerprint density at radius 2 is 2.07 bits per heavy atom. The highest BCUT2D eigenvalue weighted by atomic mass is 32.1. The van der Waals surface area contributed by atoms with Crippen LogP contribution < -0.4 is 11.0 Å². The molecular weight excluding hydrogens is 392 g/mol. The number of nitrogens with zero attached hydrogens (tertiary/aromatic N) is 3. The van der Waals surface area contributed by atoms with Crippen molar-refractivity contribution < 1.29 is 4.79 Å². The first-order chi connectivity index (χ1) is 13.6. The molecule has 3 aromatic heterocycles. The van der Waals surface area contributed by atoms with E-state index in [1.165, 1.54) is 33.6 Å². The molecule has 0 aliphatic carbocycles. The van der Waals surface area contributed by atoms with Crippen molar-refractivity contribution >= 4 is 45.0 Å². The molecule has 6 nitrogen and oxygen atoms in total. The third-order valence-electron chi connectivity index (χ3n) is 4.16. The zero-order valence-corrected chi connectivity index (χ0v) is 16.6. The Balaban J connectivity index is 1.63. The summed E-state index contributed by atoms with van der Waals surface area (Å²) in [4.78, 5) is 32.2. The average Bonchev–Trinajstić information content (AvgIpc) is 3.32. The minimum atomic E-state index is -0.385. The van der Waals surface area contributed by atoms with Crippen molar-refractivity contribution in [2.24, 2.45) is 5.10 Å². The van der Waals surface area contributed by atoms with E-state index in [2.05, 4.69) is 15.5 Å². The number of carbonyl (C=O) groups excluding carboxylic acids is 1. The monoisotopic (exact) mass is 408 g/mol. The maximum Gasteiger partial charge on any atom is 0.263 e. The largest absolute Gasteiger partial charge is 0.289 e. The van der Waals surface area contributed by atoms with Crippen LogP contribution in [0.25, 0.3) is 21.3 Å². The Morgan fingerprint density at radius 1 is 1.25 bits per heavy atom. The van der Waals surface area contributed by atoms with Gasteiger partial charge in [-0.05, 0) is 23.9 Å². The van der Waals surface area contributed by atoms with Crippen LogP contribution in [0, 0.1) is 6.92 Å². The van der Waals surface area contributed by atoms with Gasteiger partial charge in [-0.25, -0.2) is 10.4 Å². The lowest BCUT2D eigenvalue weighted by Crippen LogP contribution is -2.30. The Bertz CT molecular complexity index is 1210. The first kappa shape index (κ1) is 18.3. The molecule has 1 aromatic carbocycles. The van der Waals surface area contributed by atoms with Gasteiger partial charge in [0, 0.05) is 15.3 Å². The second kappa shape index (κ2) is 7.87. The molecule has 0 radical (unpaired) electrons. The molecule has 140 valence electrons. The summed E-state index contributed by atoms with van der Waals surface area (Å²) in [5.41, 5.74) is 4.06. The van der Waals surface area contributed by atoms with Crippen LogP contribution in [-0.2, 0) is 11.3 Å². The number of benzene rings is 1. The maximum absolute atomic E-state index is 13.0. The van der Waals surface area contributed by atoms with Gasteiger partial charge < -0.3 is 0 Å². The molecule has 0 aliphatic heterocycles. The number of amides is 1. The predicted molar refractivity (Wildman–Crippen MR) is 114 cm³/mol. The molecule has 0 bridgehead atoms. The Hall–Kier alpha value is -3.10. The number of aromatic nitrogens is 2. The number of thiophene rings is 2. The van der Waals surface area contributed by atoms with Crippen molar-refractivity contribution in [3.05, 3.63) is 74.3 Å². The number of hydrazone groups is 1. The molecule has 0 aliphatic rings. The topological polar surface area (TPSA) is 76.3 Å². The first-order valence-electron chi connectivity index (χ1n) is 8.53. The fourth-order valence-corrected chi connectivity index (χ4v) is 4.51. The highest BCUT2D eigenvalue weighted by molar-refractivity contribution is 7.19. The van der Waals surface area contributed by atoms with E-state index in [1.807, 2.05) is 54.8 Å². The molecule has 4 rings (SSSR count). The standard InChI is InChI=1S/C20H16N4O2S2/c1-13-17(14-6-3-2-4-7-14)18-19(28-13)21-12-24(20(18)26)11-16(25)23-22-10-15-8-5-9-27-15/h2-10,12H,11H2,1H3,(H,23,25). The van der Waals surface area contributed by atoms with E-state index in [9.17, 15) is 9.59 Å². The van der Waals surface area contributed by atoms with Crippen LogP contribution in [0.3, 0.4) is 0 Å². The number of rotatable bonds is 5. The average molecular weight is 409 g/mol. The molecule has 3 heterocycles. The lowest BCUT2D eigenvalue weighted by Gasteiger charge is -2.06. The second-order valence-electron chi connectivity index (χ2n) is 6.07. The van der Waals surface area contributed by atoms with Crippen LogP contribution in [0.4, 0.5) is 0 Å². The van der Waals surface area contributed by atoms with Gasteiger partial charge in [0.1, 0.15) is 11.4 Å². The summed E-state index contributed by atoms with van der Waals surface area (Å²) < 4.78 is 1.32. The van der Waals surface area contributed by atoms with E-state index in [-0.39, 0.29) is 18.0 Å². The van der Waals surface area contributed by atoms with Gasteiger partial charge in [-0.2, -0.15) is 5.10 Å². The summed E-state index contributed by atoms with van der Waals surface area (Å²) in [5, 5.41) is 6.40. The lowest BCUT2D eigenvalue weighted by molar-refractivity contribution is -0.121. The van der Waals surface area contributed by atoms with Crippen molar-refractivity contribution in [1.82, 2.24) is 15.0 Å². The van der Waals surface area contributed by atoms with E-state index in [1.54, 1.807) is 6.21 Å². The number of aryl methyl sites for hydroxylation is 1. The maximum atomic E-state index is 13.0. The fourth-order valence-electron chi connectivity index (χ4n) is 2.93. The summed E-state index contributed by atoms with van der Waals surface area (Å²) in [5.74, 6) is -0.385. The number of fused-ring (bicyclic) bond motifs is 1. The summed E-state index contributed by atoms with van der Waals surface area (Å²) in [7, 11) is 0. The van der Waals surface area contributed by atoms with E-state index in [0.29, 0.717) is 10.2 Å². The van der Waals surface area contributed by atoms with E-state index < -0.39 is 0 Å². The minimum Gasteiger partial charge on any atom is -0.289 e. The number of hydrogen-bond acceptors (Lipinski definition) is 6. The van der Waals surface area contributed by atoms with Crippen LogP contribution in [0.1, 0.15) is 9.75 Å². The molecule has 1 amide bonds. The van der Waals surface area contributed by atoms with E-state index in [4.69, 9.17) is 0 Å². The van der Waals surface area contributed by atoms with Gasteiger partial charge in [-0.15, -0.1) is 22.7 Å². The van der Waals surface area contributed by atoms with Crippen molar-refractivity contribution in [1.29, 1.82) is 0 Å². The molecule has 1 N–H and O–H groups in total.